The Labute approximate surface area is 188 Å². The van der Waals surface area contributed by atoms with Crippen molar-refractivity contribution in [3.05, 3.63) is 71.8 Å². The number of alkyl halides is 6. The van der Waals surface area contributed by atoms with E-state index < -0.39 is 40.9 Å². The molecule has 0 aliphatic carbocycles. The van der Waals surface area contributed by atoms with E-state index in [0.29, 0.717) is 5.56 Å². The molecule has 0 aromatic heterocycles. The van der Waals surface area contributed by atoms with Crippen LogP contribution in [0.15, 0.2) is 60.7 Å². The molecule has 4 N–H and O–H groups in total. The molecule has 0 bridgehead atoms. The summed E-state index contributed by atoms with van der Waals surface area (Å²) in [5.41, 5.74) is 4.84. The van der Waals surface area contributed by atoms with Gasteiger partial charge in [-0.05, 0) is 24.3 Å². The molecule has 0 fully saturated rings. The molecule has 8 nitrogen and oxygen atoms in total. The van der Waals surface area contributed by atoms with Crippen LogP contribution >= 0.6 is 0 Å². The average Bonchev–Trinajstić information content (AvgIpc) is 2.72. The van der Waals surface area contributed by atoms with Gasteiger partial charge in [-0.1, -0.05) is 36.4 Å². The normalized spacial score (nSPS) is 10.5. The predicted molar refractivity (Wildman–Crippen MR) is 104 cm³/mol. The van der Waals surface area contributed by atoms with Crippen LogP contribution in [0.2, 0.25) is 0 Å². The lowest BCUT2D eigenvalue weighted by Gasteiger charge is -2.26. The minimum atomic E-state index is -5.81. The number of nitrogens with zero attached hydrogens (tertiary/aromatic N) is 1. The summed E-state index contributed by atoms with van der Waals surface area (Å²) in [6.45, 7) is 0. The molecule has 14 heteroatoms. The second-order valence-electron chi connectivity index (χ2n) is 5.96. The lowest BCUT2D eigenvalue weighted by Crippen LogP contribution is -2.51. The van der Waals surface area contributed by atoms with Crippen LogP contribution in [0.5, 0.6) is 0 Å². The number of aliphatic carboxylic acids is 2. The first-order valence-corrected chi connectivity index (χ1v) is 8.89. The summed E-state index contributed by atoms with van der Waals surface area (Å²) in [5.74, 6) is -4.69. The fourth-order valence-electron chi connectivity index (χ4n) is 1.90. The number of halogens is 6. The molecule has 0 radical (unpaired) electrons. The number of nitrogens with two attached hydrogens (primary N) is 1. The molecule has 0 unspecified atom stereocenters. The fraction of sp³-hybridized carbons (Fsp3) is 0.200. The van der Waals surface area contributed by atoms with Gasteiger partial charge in [0, 0.05) is 11.1 Å². The van der Waals surface area contributed by atoms with Gasteiger partial charge in [0.2, 0.25) is 5.91 Å². The Hall–Kier alpha value is -4.10. The number of carboxylic acids is 2. The van der Waals surface area contributed by atoms with Gasteiger partial charge in [0.25, 0.3) is 5.91 Å². The summed E-state index contributed by atoms with van der Waals surface area (Å²) in [4.78, 5) is 38.8. The number of rotatable bonds is 5. The van der Waals surface area contributed by atoms with Crippen molar-refractivity contribution in [2.24, 2.45) is 5.73 Å². The Balaban J connectivity index is 0.000000538. The molecule has 0 saturated carbocycles. The van der Waals surface area contributed by atoms with E-state index in [-0.39, 0.29) is 18.7 Å². The minimum absolute atomic E-state index is 0.296. The monoisotopic (exact) mass is 496 g/mol. The summed E-state index contributed by atoms with van der Waals surface area (Å²) < 4.78 is 72.8. The van der Waals surface area contributed by atoms with Crippen LogP contribution < -0.4 is 5.73 Å². The summed E-state index contributed by atoms with van der Waals surface area (Å²) in [5, 5.41) is 15.8. The number of amides is 2. The van der Waals surface area contributed by atoms with Crippen LogP contribution in [0.3, 0.4) is 0 Å². The Bertz CT molecular complexity index is 922. The lowest BCUT2D eigenvalue weighted by atomic mass is 10.2. The molecule has 2 aromatic rings. The Morgan fingerprint density at radius 2 is 1.00 bits per heavy atom. The summed E-state index contributed by atoms with van der Waals surface area (Å²) in [6.07, 6.45) is -12.2. The smallest absolute Gasteiger partial charge is 0.481 e. The molecule has 2 rings (SSSR count). The van der Waals surface area contributed by atoms with E-state index in [0.717, 1.165) is 24.3 Å². The lowest BCUT2D eigenvalue weighted by molar-refractivity contribution is -0.348. The first-order chi connectivity index (χ1) is 15.6. The number of carbonyl (C=O) groups is 4. The van der Waals surface area contributed by atoms with Gasteiger partial charge >= 0.3 is 24.5 Å². The topological polar surface area (TPSA) is 138 Å². The molecule has 2 aromatic carbocycles. The van der Waals surface area contributed by atoms with E-state index in [1.807, 2.05) is 6.07 Å². The third-order valence-electron chi connectivity index (χ3n) is 3.34. The van der Waals surface area contributed by atoms with E-state index in [4.69, 9.17) is 15.9 Å². The number of carbonyl (C=O) groups excluding carboxylic acids is 2. The SMILES string of the molecule is NC(=O)c1ccccc1.O=C(O)CCC(=O)O.O=C(c1ccccc1)N(C(F)(F)F)C(F)(F)F. The number of primary amides is 1. The molecular weight excluding hydrogens is 478 g/mol. The Morgan fingerprint density at radius 1 is 0.676 bits per heavy atom. The summed E-state index contributed by atoms with van der Waals surface area (Å²) in [6, 6.07) is 14.2. The maximum absolute atomic E-state index is 12.1. The summed E-state index contributed by atoms with van der Waals surface area (Å²) in [7, 11) is 0. The van der Waals surface area contributed by atoms with Crippen molar-refractivity contribution in [3.63, 3.8) is 0 Å². The fourth-order valence-corrected chi connectivity index (χ4v) is 1.90. The number of benzene rings is 2. The van der Waals surface area contributed by atoms with Gasteiger partial charge in [-0.25, -0.2) is 0 Å². The van der Waals surface area contributed by atoms with E-state index in [1.165, 1.54) is 6.07 Å². The van der Waals surface area contributed by atoms with Gasteiger partial charge < -0.3 is 15.9 Å². The van der Waals surface area contributed by atoms with Crippen molar-refractivity contribution in [2.45, 2.75) is 25.4 Å². The van der Waals surface area contributed by atoms with Crippen molar-refractivity contribution in [1.82, 2.24) is 4.90 Å². The molecular formula is C20H18F6N2O6. The van der Waals surface area contributed by atoms with Gasteiger partial charge in [-0.2, -0.15) is 4.90 Å². The zero-order valence-electron chi connectivity index (χ0n) is 17.0. The van der Waals surface area contributed by atoms with Crippen molar-refractivity contribution < 1.29 is 55.7 Å². The molecule has 0 aliphatic rings. The molecule has 0 heterocycles. The quantitative estimate of drug-likeness (QED) is 0.424. The zero-order valence-corrected chi connectivity index (χ0v) is 17.0. The van der Waals surface area contributed by atoms with Crippen molar-refractivity contribution in [1.29, 1.82) is 0 Å². The van der Waals surface area contributed by atoms with Crippen molar-refractivity contribution in [3.8, 4) is 0 Å². The van der Waals surface area contributed by atoms with Crippen LogP contribution in [0.1, 0.15) is 33.6 Å². The molecule has 0 aliphatic heterocycles. The molecule has 34 heavy (non-hydrogen) atoms. The Morgan fingerprint density at radius 3 is 1.24 bits per heavy atom. The van der Waals surface area contributed by atoms with E-state index in [2.05, 4.69) is 0 Å². The van der Waals surface area contributed by atoms with Crippen LogP contribution in [0.25, 0.3) is 0 Å². The predicted octanol–water partition coefficient (Wildman–Crippen LogP) is 3.89. The first kappa shape index (κ1) is 29.9. The van der Waals surface area contributed by atoms with Gasteiger partial charge in [0.1, 0.15) is 0 Å². The second kappa shape index (κ2) is 13.4. The maximum atomic E-state index is 12.1. The first-order valence-electron chi connectivity index (χ1n) is 8.89. The number of hydrogen-bond donors (Lipinski definition) is 3. The molecule has 0 atom stereocenters. The second-order valence-corrected chi connectivity index (χ2v) is 5.96. The highest BCUT2D eigenvalue weighted by Gasteiger charge is 2.57. The third kappa shape index (κ3) is 12.1. The van der Waals surface area contributed by atoms with E-state index in [1.54, 1.807) is 24.3 Å². The van der Waals surface area contributed by atoms with Crippen molar-refractivity contribution in [2.75, 3.05) is 0 Å². The summed E-state index contributed by atoms with van der Waals surface area (Å²) >= 11 is 0. The molecule has 0 saturated heterocycles. The average molecular weight is 496 g/mol. The van der Waals surface area contributed by atoms with Crippen LogP contribution in [0.4, 0.5) is 26.3 Å². The number of hydrogen-bond acceptors (Lipinski definition) is 4. The van der Waals surface area contributed by atoms with Gasteiger partial charge in [0.05, 0.1) is 12.8 Å². The van der Waals surface area contributed by atoms with Gasteiger partial charge in [0.15, 0.2) is 0 Å². The molecule has 186 valence electrons. The van der Waals surface area contributed by atoms with E-state index in [9.17, 15) is 45.5 Å². The van der Waals surface area contributed by atoms with Gasteiger partial charge in [-0.3, -0.25) is 19.2 Å². The van der Waals surface area contributed by atoms with Crippen LogP contribution in [-0.4, -0.2) is 51.5 Å². The highest BCUT2D eigenvalue weighted by molar-refractivity contribution is 5.94. The largest absolute Gasteiger partial charge is 0.494 e. The van der Waals surface area contributed by atoms with E-state index >= 15 is 0 Å². The van der Waals surface area contributed by atoms with Crippen LogP contribution in [0, 0.1) is 0 Å². The minimum Gasteiger partial charge on any atom is -0.481 e. The van der Waals surface area contributed by atoms with Gasteiger partial charge in [-0.15, -0.1) is 26.3 Å². The van der Waals surface area contributed by atoms with Crippen molar-refractivity contribution >= 4 is 23.8 Å². The third-order valence-corrected chi connectivity index (χ3v) is 3.34. The Kier molecular flexibility index (Phi) is 11.8. The number of carboxylic acid groups (broad SMARTS) is 2. The maximum Gasteiger partial charge on any atom is 0.494 e. The molecule has 0 spiro atoms. The zero-order chi connectivity index (χ0) is 26.5. The highest BCUT2D eigenvalue weighted by atomic mass is 19.4. The standard InChI is InChI=1S/C9H5F6NO.C7H7NO.C4H6O4/c10-8(11,12)16(9(13,14)15)7(17)6-4-2-1-3-5-6;8-7(9)6-4-2-1-3-5-6;5-3(6)1-2-4(7)8/h1-5H;1-5H,(H2,8,9);1-2H2,(H,5,6)(H,7,8). The van der Waals surface area contributed by atoms with Crippen LogP contribution in [-0.2, 0) is 9.59 Å². The molecule has 2 amide bonds. The highest BCUT2D eigenvalue weighted by Crippen LogP contribution is 2.34.